The Morgan fingerprint density at radius 3 is 2.70 bits per heavy atom. The second kappa shape index (κ2) is 5.59. The summed E-state index contributed by atoms with van der Waals surface area (Å²) in [5.41, 5.74) is 1.18. The van der Waals surface area contributed by atoms with Crippen LogP contribution in [0.2, 0.25) is 0 Å². The molecule has 0 spiro atoms. The fourth-order valence-electron chi connectivity index (χ4n) is 2.26. The second-order valence-corrected chi connectivity index (χ2v) is 4.94. The van der Waals surface area contributed by atoms with E-state index < -0.39 is 0 Å². The van der Waals surface area contributed by atoms with Gasteiger partial charge in [-0.1, -0.05) is 13.0 Å². The smallest absolute Gasteiger partial charge is 0.231 e. The number of fused-ring (bicyclic) bond motifs is 1. The SMILES string of the molecule is CCc1ccc(CNC(C)c2ccc3c(c2)OCO3)o1. The Kier molecular flexibility index (Phi) is 3.65. The Labute approximate surface area is 118 Å². The molecule has 20 heavy (non-hydrogen) atoms. The van der Waals surface area contributed by atoms with Crippen LogP contribution in [0.15, 0.2) is 34.7 Å². The molecule has 3 rings (SSSR count). The van der Waals surface area contributed by atoms with Crippen LogP contribution in [0.3, 0.4) is 0 Å². The Morgan fingerprint density at radius 1 is 1.10 bits per heavy atom. The number of hydrogen-bond donors (Lipinski definition) is 1. The summed E-state index contributed by atoms with van der Waals surface area (Å²) in [5, 5.41) is 3.45. The van der Waals surface area contributed by atoms with Gasteiger partial charge in [0.2, 0.25) is 6.79 Å². The van der Waals surface area contributed by atoms with Crippen molar-refractivity contribution in [3.63, 3.8) is 0 Å². The Balaban J connectivity index is 1.62. The van der Waals surface area contributed by atoms with Crippen LogP contribution in [0.5, 0.6) is 11.5 Å². The molecule has 0 aliphatic carbocycles. The number of aryl methyl sites for hydroxylation is 1. The van der Waals surface area contributed by atoms with Crippen molar-refractivity contribution < 1.29 is 13.9 Å². The van der Waals surface area contributed by atoms with Crippen molar-refractivity contribution in [1.82, 2.24) is 5.32 Å². The topological polar surface area (TPSA) is 43.6 Å². The first-order valence-electron chi connectivity index (χ1n) is 6.97. The van der Waals surface area contributed by atoms with Crippen molar-refractivity contribution >= 4 is 0 Å². The van der Waals surface area contributed by atoms with E-state index in [4.69, 9.17) is 13.9 Å². The van der Waals surface area contributed by atoms with E-state index in [-0.39, 0.29) is 6.04 Å². The van der Waals surface area contributed by atoms with Crippen molar-refractivity contribution in [3.8, 4) is 11.5 Å². The zero-order valence-electron chi connectivity index (χ0n) is 11.8. The van der Waals surface area contributed by atoms with E-state index in [0.29, 0.717) is 6.79 Å². The lowest BCUT2D eigenvalue weighted by molar-refractivity contribution is 0.174. The zero-order valence-corrected chi connectivity index (χ0v) is 11.8. The summed E-state index contributed by atoms with van der Waals surface area (Å²) >= 11 is 0. The molecule has 4 heteroatoms. The minimum Gasteiger partial charge on any atom is -0.465 e. The summed E-state index contributed by atoms with van der Waals surface area (Å²) in [6, 6.07) is 10.3. The predicted molar refractivity (Wildman–Crippen MR) is 75.9 cm³/mol. The van der Waals surface area contributed by atoms with E-state index in [1.807, 2.05) is 24.3 Å². The van der Waals surface area contributed by atoms with Crippen LogP contribution in [-0.4, -0.2) is 6.79 Å². The highest BCUT2D eigenvalue weighted by Crippen LogP contribution is 2.34. The first kappa shape index (κ1) is 13.1. The van der Waals surface area contributed by atoms with Gasteiger partial charge in [-0.3, -0.25) is 0 Å². The van der Waals surface area contributed by atoms with E-state index in [1.54, 1.807) is 0 Å². The van der Waals surface area contributed by atoms with Gasteiger partial charge in [0.25, 0.3) is 0 Å². The van der Waals surface area contributed by atoms with E-state index in [0.717, 1.165) is 36.0 Å². The number of hydrogen-bond acceptors (Lipinski definition) is 4. The molecular weight excluding hydrogens is 254 g/mol. The third-order valence-electron chi connectivity index (χ3n) is 3.54. The van der Waals surface area contributed by atoms with Gasteiger partial charge in [-0.15, -0.1) is 0 Å². The summed E-state index contributed by atoms with van der Waals surface area (Å²) in [5.74, 6) is 3.63. The monoisotopic (exact) mass is 273 g/mol. The van der Waals surface area contributed by atoms with Gasteiger partial charge in [0.15, 0.2) is 11.5 Å². The molecule has 0 fully saturated rings. The fraction of sp³-hybridized carbons (Fsp3) is 0.375. The minimum atomic E-state index is 0.222. The summed E-state index contributed by atoms with van der Waals surface area (Å²) in [7, 11) is 0. The molecule has 1 unspecified atom stereocenters. The molecule has 1 aromatic carbocycles. The van der Waals surface area contributed by atoms with Crippen LogP contribution in [-0.2, 0) is 13.0 Å². The van der Waals surface area contributed by atoms with Crippen molar-refractivity contribution in [1.29, 1.82) is 0 Å². The first-order valence-corrected chi connectivity index (χ1v) is 6.97. The van der Waals surface area contributed by atoms with Crippen LogP contribution in [0.4, 0.5) is 0 Å². The number of rotatable bonds is 5. The van der Waals surface area contributed by atoms with Gasteiger partial charge in [0.1, 0.15) is 11.5 Å². The standard InChI is InChI=1S/C16H19NO3/c1-3-13-5-6-14(20-13)9-17-11(2)12-4-7-15-16(8-12)19-10-18-15/h4-8,11,17H,3,9-10H2,1-2H3. The van der Waals surface area contributed by atoms with E-state index in [2.05, 4.69) is 25.2 Å². The average molecular weight is 273 g/mol. The fourth-order valence-corrected chi connectivity index (χ4v) is 2.26. The van der Waals surface area contributed by atoms with Crippen molar-refractivity contribution in [3.05, 3.63) is 47.4 Å². The maximum Gasteiger partial charge on any atom is 0.231 e. The van der Waals surface area contributed by atoms with Gasteiger partial charge in [-0.2, -0.15) is 0 Å². The molecule has 2 heterocycles. The van der Waals surface area contributed by atoms with Crippen molar-refractivity contribution in [2.75, 3.05) is 6.79 Å². The molecule has 0 radical (unpaired) electrons. The third-order valence-corrected chi connectivity index (χ3v) is 3.54. The second-order valence-electron chi connectivity index (χ2n) is 4.94. The Hall–Kier alpha value is -1.94. The molecular formula is C16H19NO3. The molecule has 0 saturated heterocycles. The lowest BCUT2D eigenvalue weighted by Gasteiger charge is -2.13. The van der Waals surface area contributed by atoms with Crippen LogP contribution in [0, 0.1) is 0 Å². The normalized spacial score (nSPS) is 14.5. The van der Waals surface area contributed by atoms with Crippen molar-refractivity contribution in [2.24, 2.45) is 0 Å². The third kappa shape index (κ3) is 2.65. The number of ether oxygens (including phenoxy) is 2. The van der Waals surface area contributed by atoms with E-state index in [9.17, 15) is 0 Å². The van der Waals surface area contributed by atoms with Crippen LogP contribution in [0.1, 0.15) is 37.0 Å². The van der Waals surface area contributed by atoms with Gasteiger partial charge in [0.05, 0.1) is 6.54 Å². The number of nitrogens with one attached hydrogen (secondary N) is 1. The first-order chi connectivity index (χ1) is 9.76. The molecule has 0 saturated carbocycles. The zero-order chi connectivity index (χ0) is 13.9. The lowest BCUT2D eigenvalue weighted by atomic mass is 10.1. The van der Waals surface area contributed by atoms with Crippen LogP contribution >= 0.6 is 0 Å². The molecule has 4 nitrogen and oxygen atoms in total. The predicted octanol–water partition coefficient (Wildman–Crippen LogP) is 3.42. The van der Waals surface area contributed by atoms with Gasteiger partial charge < -0.3 is 19.2 Å². The summed E-state index contributed by atoms with van der Waals surface area (Å²) in [4.78, 5) is 0. The van der Waals surface area contributed by atoms with Gasteiger partial charge in [0, 0.05) is 12.5 Å². The molecule has 0 bridgehead atoms. The quantitative estimate of drug-likeness (QED) is 0.906. The average Bonchev–Trinajstić information content (AvgIpc) is 3.12. The molecule has 1 N–H and O–H groups in total. The maximum absolute atomic E-state index is 5.69. The highest BCUT2D eigenvalue weighted by Gasteiger charge is 2.15. The van der Waals surface area contributed by atoms with E-state index >= 15 is 0 Å². The lowest BCUT2D eigenvalue weighted by Crippen LogP contribution is -2.17. The van der Waals surface area contributed by atoms with Gasteiger partial charge in [-0.05, 0) is 36.8 Å². The minimum absolute atomic E-state index is 0.222. The number of benzene rings is 1. The summed E-state index contributed by atoms with van der Waals surface area (Å²) in [6.45, 7) is 5.24. The Morgan fingerprint density at radius 2 is 1.90 bits per heavy atom. The highest BCUT2D eigenvalue weighted by molar-refractivity contribution is 5.45. The molecule has 1 aromatic heterocycles. The highest BCUT2D eigenvalue weighted by atomic mass is 16.7. The van der Waals surface area contributed by atoms with Gasteiger partial charge >= 0.3 is 0 Å². The van der Waals surface area contributed by atoms with Gasteiger partial charge in [-0.25, -0.2) is 0 Å². The number of furan rings is 1. The molecule has 1 aliphatic rings. The molecule has 106 valence electrons. The molecule has 1 atom stereocenters. The van der Waals surface area contributed by atoms with Crippen LogP contribution < -0.4 is 14.8 Å². The Bertz CT molecular complexity index is 591. The molecule has 1 aliphatic heterocycles. The molecule has 0 amide bonds. The largest absolute Gasteiger partial charge is 0.465 e. The van der Waals surface area contributed by atoms with Crippen molar-refractivity contribution in [2.45, 2.75) is 32.9 Å². The summed E-state index contributed by atoms with van der Waals surface area (Å²) < 4.78 is 16.4. The van der Waals surface area contributed by atoms with Crippen LogP contribution in [0.25, 0.3) is 0 Å². The summed E-state index contributed by atoms with van der Waals surface area (Å²) in [6.07, 6.45) is 0.928. The van der Waals surface area contributed by atoms with E-state index in [1.165, 1.54) is 5.56 Å². The maximum atomic E-state index is 5.69. The molecule has 2 aromatic rings.